The summed E-state index contributed by atoms with van der Waals surface area (Å²) in [6.45, 7) is 7.67. The number of hydrogen-bond acceptors (Lipinski definition) is 4. The van der Waals surface area contributed by atoms with Crippen molar-refractivity contribution in [1.82, 2.24) is 5.32 Å². The first-order chi connectivity index (χ1) is 10.8. The summed E-state index contributed by atoms with van der Waals surface area (Å²) in [6.07, 6.45) is 2.51. The zero-order valence-corrected chi connectivity index (χ0v) is 14.7. The number of amides is 1. The fraction of sp³-hybridized carbons (Fsp3) is 0.611. The molecular weight excluding hydrogens is 292 g/mol. The maximum atomic E-state index is 11.9. The number of rotatable bonds is 4. The largest absolute Gasteiger partial charge is 0.495 e. The molecule has 128 valence electrons. The van der Waals surface area contributed by atoms with Crippen molar-refractivity contribution < 1.29 is 14.3 Å². The molecule has 0 bridgehead atoms. The average Bonchev–Trinajstić information content (AvgIpc) is 2.84. The molecule has 0 saturated heterocycles. The lowest BCUT2D eigenvalue weighted by molar-refractivity contribution is 0.0505. The number of carbonyl (C=O) groups is 1. The van der Waals surface area contributed by atoms with Gasteiger partial charge in [-0.3, -0.25) is 0 Å². The predicted molar refractivity (Wildman–Crippen MR) is 92.2 cm³/mol. The minimum Gasteiger partial charge on any atom is -0.495 e. The van der Waals surface area contributed by atoms with Gasteiger partial charge in [-0.2, -0.15) is 0 Å². The number of carbonyl (C=O) groups excluding carboxylic acids is 1. The molecule has 1 aromatic rings. The van der Waals surface area contributed by atoms with E-state index in [0.29, 0.717) is 6.04 Å². The second-order valence-corrected chi connectivity index (χ2v) is 7.20. The van der Waals surface area contributed by atoms with E-state index in [1.165, 1.54) is 5.56 Å². The molecule has 1 amide bonds. The van der Waals surface area contributed by atoms with Gasteiger partial charge in [-0.25, -0.2) is 4.79 Å². The summed E-state index contributed by atoms with van der Waals surface area (Å²) < 4.78 is 10.7. The highest BCUT2D eigenvalue weighted by atomic mass is 16.6. The van der Waals surface area contributed by atoms with Gasteiger partial charge in [0.2, 0.25) is 0 Å². The Hall–Kier alpha value is -1.91. The quantitative estimate of drug-likeness (QED) is 0.884. The van der Waals surface area contributed by atoms with Gasteiger partial charge in [-0.1, -0.05) is 6.07 Å². The van der Waals surface area contributed by atoms with Crippen molar-refractivity contribution in [2.75, 3.05) is 12.4 Å². The van der Waals surface area contributed by atoms with Crippen molar-refractivity contribution in [1.29, 1.82) is 0 Å². The average molecular weight is 320 g/mol. The Balaban J connectivity index is 1.88. The molecule has 2 unspecified atom stereocenters. The summed E-state index contributed by atoms with van der Waals surface area (Å²) in [5.41, 5.74) is 1.74. The summed E-state index contributed by atoms with van der Waals surface area (Å²) in [6, 6.07) is 6.57. The van der Waals surface area contributed by atoms with Gasteiger partial charge in [-0.05, 0) is 64.7 Å². The molecule has 5 nitrogen and oxygen atoms in total. The van der Waals surface area contributed by atoms with Crippen LogP contribution in [0, 0.1) is 6.92 Å². The van der Waals surface area contributed by atoms with Gasteiger partial charge in [0.25, 0.3) is 0 Å². The highest BCUT2D eigenvalue weighted by Crippen LogP contribution is 2.30. The molecule has 0 spiro atoms. The molecule has 2 atom stereocenters. The van der Waals surface area contributed by atoms with E-state index in [4.69, 9.17) is 9.47 Å². The van der Waals surface area contributed by atoms with Gasteiger partial charge in [0.15, 0.2) is 0 Å². The maximum Gasteiger partial charge on any atom is 0.407 e. The van der Waals surface area contributed by atoms with Gasteiger partial charge in [-0.15, -0.1) is 0 Å². The van der Waals surface area contributed by atoms with Crippen LogP contribution >= 0.6 is 0 Å². The molecule has 0 aromatic heterocycles. The number of methoxy groups -OCH3 is 1. The van der Waals surface area contributed by atoms with Crippen LogP contribution in [0.3, 0.4) is 0 Å². The summed E-state index contributed by atoms with van der Waals surface area (Å²) in [7, 11) is 1.68. The van der Waals surface area contributed by atoms with Gasteiger partial charge in [0.05, 0.1) is 12.8 Å². The van der Waals surface area contributed by atoms with E-state index in [1.807, 2.05) is 32.9 Å². The molecule has 1 aliphatic rings. The van der Waals surface area contributed by atoms with Crippen LogP contribution < -0.4 is 15.4 Å². The summed E-state index contributed by atoms with van der Waals surface area (Å²) in [4.78, 5) is 11.9. The van der Waals surface area contributed by atoms with E-state index in [1.54, 1.807) is 7.11 Å². The van der Waals surface area contributed by atoms with Crippen LogP contribution in [-0.4, -0.2) is 30.9 Å². The Morgan fingerprint density at radius 2 is 1.91 bits per heavy atom. The molecule has 1 fully saturated rings. The fourth-order valence-corrected chi connectivity index (χ4v) is 2.87. The lowest BCUT2D eigenvalue weighted by Gasteiger charge is -2.22. The van der Waals surface area contributed by atoms with Crippen LogP contribution in [0.5, 0.6) is 5.75 Å². The third-order valence-electron chi connectivity index (χ3n) is 3.87. The predicted octanol–water partition coefficient (Wildman–Crippen LogP) is 3.86. The molecule has 1 saturated carbocycles. The van der Waals surface area contributed by atoms with Gasteiger partial charge >= 0.3 is 6.09 Å². The third-order valence-corrected chi connectivity index (χ3v) is 3.87. The van der Waals surface area contributed by atoms with E-state index < -0.39 is 5.60 Å². The van der Waals surface area contributed by atoms with Gasteiger partial charge < -0.3 is 20.1 Å². The van der Waals surface area contributed by atoms with Crippen molar-refractivity contribution >= 4 is 11.8 Å². The molecule has 1 aliphatic carbocycles. The molecule has 5 heteroatoms. The van der Waals surface area contributed by atoms with Crippen molar-refractivity contribution in [3.8, 4) is 5.75 Å². The highest BCUT2D eigenvalue weighted by molar-refractivity contribution is 5.68. The number of hydrogen-bond donors (Lipinski definition) is 2. The number of anilines is 1. The number of alkyl carbamates (subject to hydrolysis) is 1. The van der Waals surface area contributed by atoms with E-state index in [2.05, 4.69) is 23.6 Å². The molecule has 0 heterocycles. The third kappa shape index (κ3) is 5.34. The summed E-state index contributed by atoms with van der Waals surface area (Å²) in [5.74, 6) is 0.846. The van der Waals surface area contributed by atoms with Crippen LogP contribution in [0.15, 0.2) is 18.2 Å². The zero-order chi connectivity index (χ0) is 17.0. The van der Waals surface area contributed by atoms with Crippen LogP contribution in [0.25, 0.3) is 0 Å². The minimum atomic E-state index is -0.463. The number of nitrogens with one attached hydrogen (secondary N) is 2. The lowest BCUT2D eigenvalue weighted by atomic mass is 10.1. The zero-order valence-electron chi connectivity index (χ0n) is 14.7. The first-order valence-corrected chi connectivity index (χ1v) is 8.17. The molecule has 0 aliphatic heterocycles. The lowest BCUT2D eigenvalue weighted by Crippen LogP contribution is -2.38. The Bertz CT molecular complexity index is 552. The van der Waals surface area contributed by atoms with E-state index in [9.17, 15) is 4.79 Å². The maximum absolute atomic E-state index is 11.9. The molecule has 0 radical (unpaired) electrons. The van der Waals surface area contributed by atoms with Gasteiger partial charge in [0, 0.05) is 12.1 Å². The highest BCUT2D eigenvalue weighted by Gasteiger charge is 2.28. The molecular formula is C18H28N2O3. The van der Waals surface area contributed by atoms with Crippen LogP contribution in [0.2, 0.25) is 0 Å². The van der Waals surface area contributed by atoms with E-state index >= 15 is 0 Å². The second kappa shape index (κ2) is 7.11. The smallest absolute Gasteiger partial charge is 0.407 e. The molecule has 23 heavy (non-hydrogen) atoms. The van der Waals surface area contributed by atoms with Crippen molar-refractivity contribution in [2.24, 2.45) is 0 Å². The van der Waals surface area contributed by atoms with Crippen LogP contribution in [0.4, 0.5) is 10.5 Å². The molecule has 2 rings (SSSR count). The first kappa shape index (κ1) is 17.4. The van der Waals surface area contributed by atoms with Crippen LogP contribution in [0.1, 0.15) is 45.6 Å². The SMILES string of the molecule is COc1ccc(C)cc1NC1CCC(NC(=O)OC(C)(C)C)C1. The normalized spacial score (nSPS) is 20.9. The van der Waals surface area contributed by atoms with E-state index in [-0.39, 0.29) is 12.1 Å². The Kier molecular flexibility index (Phi) is 5.39. The monoisotopic (exact) mass is 320 g/mol. The van der Waals surface area contributed by atoms with Crippen molar-refractivity contribution in [2.45, 2.75) is 64.6 Å². The Labute approximate surface area is 138 Å². The number of aryl methyl sites for hydroxylation is 1. The van der Waals surface area contributed by atoms with Crippen molar-refractivity contribution in [3.05, 3.63) is 23.8 Å². The fourth-order valence-electron chi connectivity index (χ4n) is 2.87. The number of ether oxygens (including phenoxy) is 2. The summed E-state index contributed by atoms with van der Waals surface area (Å²) >= 11 is 0. The van der Waals surface area contributed by atoms with Gasteiger partial charge in [0.1, 0.15) is 11.4 Å². The van der Waals surface area contributed by atoms with E-state index in [0.717, 1.165) is 30.7 Å². The topological polar surface area (TPSA) is 59.6 Å². The standard InChI is InChI=1S/C18H28N2O3/c1-12-6-9-16(22-5)15(10-12)19-13-7-8-14(11-13)20-17(21)23-18(2,3)4/h6,9-10,13-14,19H,7-8,11H2,1-5H3,(H,20,21). The first-order valence-electron chi connectivity index (χ1n) is 8.17. The van der Waals surface area contributed by atoms with Crippen molar-refractivity contribution in [3.63, 3.8) is 0 Å². The minimum absolute atomic E-state index is 0.151. The Morgan fingerprint density at radius 1 is 1.22 bits per heavy atom. The molecule has 1 aromatic carbocycles. The van der Waals surface area contributed by atoms with Crippen LogP contribution in [-0.2, 0) is 4.74 Å². The number of benzene rings is 1. The Morgan fingerprint density at radius 3 is 2.57 bits per heavy atom. The summed E-state index contributed by atoms with van der Waals surface area (Å²) in [5, 5.41) is 6.49. The second-order valence-electron chi connectivity index (χ2n) is 7.20. The molecule has 2 N–H and O–H groups in total.